The lowest BCUT2D eigenvalue weighted by Crippen LogP contribution is -2.32. The van der Waals surface area contributed by atoms with Crippen LogP contribution in [0.15, 0.2) is 127 Å². The molecule has 0 spiro atoms. The van der Waals surface area contributed by atoms with Crippen molar-refractivity contribution in [2.75, 3.05) is 7.05 Å². The molecule has 0 amide bonds. The zero-order valence-electron chi connectivity index (χ0n) is 22.4. The van der Waals surface area contributed by atoms with Gasteiger partial charge in [-0.25, -0.2) is 0 Å². The van der Waals surface area contributed by atoms with Crippen LogP contribution in [-0.4, -0.2) is 25.3 Å². The molecule has 6 rings (SSSR count). The second kappa shape index (κ2) is 11.3. The second-order valence-corrected chi connectivity index (χ2v) is 11.0. The summed E-state index contributed by atoms with van der Waals surface area (Å²) >= 11 is 1.77. The molecule has 196 valence electrons. The van der Waals surface area contributed by atoms with Crippen LogP contribution in [0.5, 0.6) is 0 Å². The van der Waals surface area contributed by atoms with E-state index in [0.717, 1.165) is 26.6 Å². The van der Waals surface area contributed by atoms with E-state index in [-0.39, 0.29) is 12.1 Å². The standard InChI is InChI=1S/C36H31N3S/c1-24(26-13-9-14-27(22-26)29-17-10-12-25-11-3-4-15-28(25)29)21-35-36(30-16-5-8-20-34(30)40-35)33(38-2)23-39-32-19-7-6-18-31(32)37/h3-23,31-32,38H,1,37H2,2H3/b35-21+,36-33-,39-23?. The van der Waals surface area contributed by atoms with Gasteiger partial charge in [-0.1, -0.05) is 110 Å². The van der Waals surface area contributed by atoms with Crippen LogP contribution in [0.2, 0.25) is 0 Å². The highest BCUT2D eigenvalue weighted by molar-refractivity contribution is 7.17. The van der Waals surface area contributed by atoms with Crippen molar-refractivity contribution in [1.82, 2.24) is 5.32 Å². The van der Waals surface area contributed by atoms with Crippen LogP contribution in [0.1, 0.15) is 5.56 Å². The second-order valence-electron chi connectivity index (χ2n) is 9.89. The molecular weight excluding hydrogens is 506 g/mol. The number of allylic oxidation sites excluding steroid dienone is 3. The average molecular weight is 538 g/mol. The van der Waals surface area contributed by atoms with E-state index in [1.54, 1.807) is 11.3 Å². The lowest BCUT2D eigenvalue weighted by Gasteiger charge is -2.15. The molecule has 2 unspecified atom stereocenters. The molecule has 1 aromatic heterocycles. The van der Waals surface area contributed by atoms with Gasteiger partial charge in [-0.2, -0.15) is 0 Å². The third-order valence-corrected chi connectivity index (χ3v) is 8.44. The Morgan fingerprint density at radius 1 is 0.900 bits per heavy atom. The summed E-state index contributed by atoms with van der Waals surface area (Å²) in [6.45, 7) is 4.50. The largest absolute Gasteiger partial charge is 0.386 e. The predicted octanol–water partition coefficient (Wildman–Crippen LogP) is 6.44. The Bertz CT molecular complexity index is 1930. The van der Waals surface area contributed by atoms with Crippen LogP contribution in [0.4, 0.5) is 0 Å². The minimum Gasteiger partial charge on any atom is -0.386 e. The van der Waals surface area contributed by atoms with Gasteiger partial charge in [0.1, 0.15) is 0 Å². The Labute approximate surface area is 238 Å². The Balaban J connectivity index is 1.46. The number of nitrogens with two attached hydrogens (primary N) is 1. The summed E-state index contributed by atoms with van der Waals surface area (Å²) in [6, 6.07) is 31.9. The van der Waals surface area contributed by atoms with Crippen molar-refractivity contribution in [2.24, 2.45) is 10.7 Å². The molecule has 4 aromatic carbocycles. The summed E-state index contributed by atoms with van der Waals surface area (Å²) in [5, 5.41) is 8.20. The van der Waals surface area contributed by atoms with Crippen molar-refractivity contribution in [3.63, 3.8) is 0 Å². The molecule has 0 radical (unpaired) electrons. The summed E-state index contributed by atoms with van der Waals surface area (Å²) in [5.41, 5.74) is 11.7. The van der Waals surface area contributed by atoms with E-state index in [1.807, 2.05) is 37.6 Å². The van der Waals surface area contributed by atoms with Crippen molar-refractivity contribution < 1.29 is 0 Å². The Morgan fingerprint density at radius 3 is 2.50 bits per heavy atom. The molecule has 4 heteroatoms. The van der Waals surface area contributed by atoms with Crippen molar-refractivity contribution in [1.29, 1.82) is 0 Å². The lowest BCUT2D eigenvalue weighted by molar-refractivity contribution is 0.704. The van der Waals surface area contributed by atoms with E-state index in [9.17, 15) is 0 Å². The Morgan fingerprint density at radius 2 is 1.65 bits per heavy atom. The van der Waals surface area contributed by atoms with Crippen LogP contribution in [0.3, 0.4) is 0 Å². The van der Waals surface area contributed by atoms with Crippen molar-refractivity contribution >= 4 is 55.8 Å². The van der Waals surface area contributed by atoms with E-state index in [2.05, 4.69) is 109 Å². The van der Waals surface area contributed by atoms with E-state index >= 15 is 0 Å². The topological polar surface area (TPSA) is 50.4 Å². The minimum absolute atomic E-state index is 0.0857. The molecular formula is C36H31N3S. The molecule has 0 fully saturated rings. The molecule has 1 aliphatic carbocycles. The van der Waals surface area contributed by atoms with Gasteiger partial charge in [-0.05, 0) is 51.2 Å². The molecule has 0 aliphatic heterocycles. The van der Waals surface area contributed by atoms with Crippen LogP contribution in [-0.2, 0) is 0 Å². The highest BCUT2D eigenvalue weighted by atomic mass is 32.1. The maximum atomic E-state index is 6.26. The zero-order valence-corrected chi connectivity index (χ0v) is 23.2. The quantitative estimate of drug-likeness (QED) is 0.245. The first-order valence-corrected chi connectivity index (χ1v) is 14.3. The van der Waals surface area contributed by atoms with Gasteiger partial charge in [0.2, 0.25) is 0 Å². The van der Waals surface area contributed by atoms with Gasteiger partial charge in [-0.15, -0.1) is 11.3 Å². The highest BCUT2D eigenvalue weighted by Gasteiger charge is 2.13. The third-order valence-electron chi connectivity index (χ3n) is 7.32. The van der Waals surface area contributed by atoms with Gasteiger partial charge in [0.15, 0.2) is 0 Å². The maximum absolute atomic E-state index is 6.26. The highest BCUT2D eigenvalue weighted by Crippen LogP contribution is 2.30. The fourth-order valence-electron chi connectivity index (χ4n) is 5.23. The van der Waals surface area contributed by atoms with Gasteiger partial charge in [0.25, 0.3) is 0 Å². The number of thiophene rings is 1. The number of hydrogen-bond acceptors (Lipinski definition) is 4. The summed E-state index contributed by atoms with van der Waals surface area (Å²) in [7, 11) is 1.94. The number of nitrogens with one attached hydrogen (secondary N) is 1. The Kier molecular flexibility index (Phi) is 7.28. The number of rotatable bonds is 6. The van der Waals surface area contributed by atoms with Crippen LogP contribution < -0.4 is 20.8 Å². The first kappa shape index (κ1) is 25.8. The van der Waals surface area contributed by atoms with E-state index in [0.29, 0.717) is 0 Å². The van der Waals surface area contributed by atoms with E-state index < -0.39 is 0 Å². The van der Waals surface area contributed by atoms with Gasteiger partial charge < -0.3 is 11.1 Å². The third kappa shape index (κ3) is 5.07. The normalized spacial score (nSPS) is 18.1. The van der Waals surface area contributed by atoms with Gasteiger partial charge >= 0.3 is 0 Å². The SMILES string of the molecule is C=C(/C=c1/sc2ccccc2/c1=C(\C=NC1C=CC=CC1N)NC)c1cccc(-c2cccc3ccccc23)c1. The van der Waals surface area contributed by atoms with Crippen LogP contribution in [0, 0.1) is 0 Å². The summed E-state index contributed by atoms with van der Waals surface area (Å²) in [6.07, 6.45) is 12.1. The number of fused-ring (bicyclic) bond motifs is 2. The number of hydrogen-bond donors (Lipinski definition) is 2. The van der Waals surface area contributed by atoms with Crippen molar-refractivity contribution in [3.05, 3.63) is 137 Å². The summed E-state index contributed by atoms with van der Waals surface area (Å²) in [5.74, 6) is 0. The molecule has 2 atom stereocenters. The van der Waals surface area contributed by atoms with Crippen LogP contribution >= 0.6 is 11.3 Å². The number of aliphatic imine (C=N–C) groups is 1. The Hall–Kier alpha value is -4.51. The molecule has 5 aromatic rings. The van der Waals surface area contributed by atoms with E-state index in [4.69, 9.17) is 10.7 Å². The number of benzene rings is 4. The molecule has 3 N–H and O–H groups in total. The fraction of sp³-hybridized carbons (Fsp3) is 0.0833. The van der Waals surface area contributed by atoms with Gasteiger partial charge in [-0.3, -0.25) is 4.99 Å². The maximum Gasteiger partial charge on any atom is 0.0870 e. The molecule has 0 saturated carbocycles. The van der Waals surface area contributed by atoms with Gasteiger partial charge in [0, 0.05) is 39.1 Å². The first-order chi connectivity index (χ1) is 19.6. The first-order valence-electron chi connectivity index (χ1n) is 13.4. The summed E-state index contributed by atoms with van der Waals surface area (Å²) in [4.78, 5) is 4.83. The smallest absolute Gasteiger partial charge is 0.0870 e. The molecule has 40 heavy (non-hydrogen) atoms. The minimum atomic E-state index is -0.126. The van der Waals surface area contributed by atoms with E-state index in [1.165, 1.54) is 32.0 Å². The number of nitrogens with zero attached hydrogens (tertiary/aromatic N) is 1. The predicted molar refractivity (Wildman–Crippen MR) is 175 cm³/mol. The monoisotopic (exact) mass is 537 g/mol. The fourth-order valence-corrected chi connectivity index (χ4v) is 6.41. The van der Waals surface area contributed by atoms with Crippen molar-refractivity contribution in [3.8, 4) is 11.1 Å². The molecule has 1 heterocycles. The molecule has 0 saturated heterocycles. The average Bonchev–Trinajstić information content (AvgIpc) is 3.35. The van der Waals surface area contributed by atoms with Crippen LogP contribution in [0.25, 0.3) is 49.3 Å². The lowest BCUT2D eigenvalue weighted by atomic mass is 9.95. The molecule has 3 nitrogen and oxygen atoms in total. The molecule has 1 aliphatic rings. The zero-order chi connectivity index (χ0) is 27.5. The van der Waals surface area contributed by atoms with Gasteiger partial charge in [0.05, 0.1) is 11.7 Å². The summed E-state index contributed by atoms with van der Waals surface area (Å²) < 4.78 is 2.36. The van der Waals surface area contributed by atoms with Crippen molar-refractivity contribution in [2.45, 2.75) is 12.1 Å². The molecule has 0 bridgehead atoms.